The highest BCUT2D eigenvalue weighted by Crippen LogP contribution is 2.39. The number of tetrazole rings is 1. The molecule has 9 heterocycles. The minimum atomic E-state index is -0.833. The van der Waals surface area contributed by atoms with Gasteiger partial charge in [-0.3, -0.25) is 13.9 Å². The monoisotopic (exact) mass is 1160 g/mol. The summed E-state index contributed by atoms with van der Waals surface area (Å²) < 4.78 is 20.3. The molecule has 4 unspecified atom stereocenters. The average Bonchev–Trinajstić information content (AvgIpc) is 4.56. The van der Waals surface area contributed by atoms with E-state index in [2.05, 4.69) is 92.5 Å². The van der Waals surface area contributed by atoms with Crippen LogP contribution < -0.4 is 21.4 Å². The predicted octanol–water partition coefficient (Wildman–Crippen LogP) is 9.25. The maximum atomic E-state index is 9.00. The number of hydrogen-bond donors (Lipinski definition) is 7. The van der Waals surface area contributed by atoms with Crippen molar-refractivity contribution in [3.05, 3.63) is 60.6 Å². The van der Waals surface area contributed by atoms with Gasteiger partial charge in [0.25, 0.3) is 5.97 Å². The number of carboxylic acids is 1. The highest BCUT2D eigenvalue weighted by molar-refractivity contribution is 5.84. The van der Waals surface area contributed by atoms with E-state index in [0.29, 0.717) is 43.4 Å². The Hall–Kier alpha value is -7.59. The molecule has 4 atom stereocenters. The van der Waals surface area contributed by atoms with Gasteiger partial charge in [-0.05, 0) is 103 Å². The van der Waals surface area contributed by atoms with Crippen molar-refractivity contribution in [1.82, 2.24) is 83.8 Å². The maximum absolute atomic E-state index is 9.00. The van der Waals surface area contributed by atoms with E-state index < -0.39 is 5.97 Å². The number of aliphatic hydroxyl groups excluding tert-OH is 1. The Balaban J connectivity index is 0.000000442. The number of carbonyl (C=O) groups is 1. The van der Waals surface area contributed by atoms with Crippen molar-refractivity contribution >= 4 is 52.7 Å². The lowest BCUT2D eigenvalue weighted by molar-refractivity contribution is -0.134. The van der Waals surface area contributed by atoms with Crippen molar-refractivity contribution in [2.75, 3.05) is 49.2 Å². The van der Waals surface area contributed by atoms with E-state index in [0.717, 1.165) is 136 Å². The number of hydrogen-bond acceptors (Lipinski definition) is 22. The summed E-state index contributed by atoms with van der Waals surface area (Å²) in [7, 11) is 4.93. The van der Waals surface area contributed by atoms with E-state index in [-0.39, 0.29) is 39.5 Å². The fourth-order valence-corrected chi connectivity index (χ4v) is 8.89. The van der Waals surface area contributed by atoms with Gasteiger partial charge in [0.05, 0.1) is 61.6 Å². The molecule has 462 valence electrons. The summed E-state index contributed by atoms with van der Waals surface area (Å²) in [6.07, 6.45) is 21.7. The third-order valence-electron chi connectivity index (χ3n) is 12.7. The highest BCUT2D eigenvalue weighted by atomic mass is 16.5. The Kier molecular flexibility index (Phi) is 32.9. The van der Waals surface area contributed by atoms with Gasteiger partial charge in [0.15, 0.2) is 22.6 Å². The van der Waals surface area contributed by atoms with Gasteiger partial charge < -0.3 is 50.2 Å². The van der Waals surface area contributed by atoms with Crippen LogP contribution in [0.2, 0.25) is 0 Å². The summed E-state index contributed by atoms with van der Waals surface area (Å²) in [5.74, 6) is 2.55. The Labute approximate surface area is 490 Å². The molecule has 2 aliphatic heterocycles. The lowest BCUT2D eigenvalue weighted by atomic mass is 9.87. The van der Waals surface area contributed by atoms with Crippen LogP contribution in [-0.4, -0.2) is 147 Å². The second-order valence-corrected chi connectivity index (χ2v) is 19.3. The first-order valence-electron chi connectivity index (χ1n) is 28.1. The van der Waals surface area contributed by atoms with E-state index in [9.17, 15) is 0 Å². The van der Waals surface area contributed by atoms with E-state index in [4.69, 9.17) is 45.0 Å². The number of aryl methyl sites for hydroxylation is 5. The lowest BCUT2D eigenvalue weighted by Crippen LogP contribution is -2.28. The normalized spacial score (nSPS) is 18.5. The molecule has 2 saturated heterocycles. The number of aliphatic hydroxyl groups is 1. The van der Waals surface area contributed by atoms with Crippen LogP contribution in [0.15, 0.2) is 47.9 Å². The molecule has 7 aromatic heterocycles. The Morgan fingerprint density at radius 1 is 0.795 bits per heavy atom. The molecule has 83 heavy (non-hydrogen) atoms. The SMILES string of the molecule is C.C.C=NNCC.CC.CC(=O)O.CCCNc1nc(C)c2ncn(C3CCCC(CN=N)O3)c2n1.CCn1nnc(C2CCC(n3cnc4c(NC5CCC(C)CC5)nc(NCCc5cn(C)cn5)nc43)O2)n1.CO.Cc1cn(C)cn1. The van der Waals surface area contributed by atoms with E-state index in [1.54, 1.807) is 17.5 Å². The summed E-state index contributed by atoms with van der Waals surface area (Å²) in [5, 5.41) is 44.3. The van der Waals surface area contributed by atoms with Gasteiger partial charge in [0.2, 0.25) is 17.7 Å². The Morgan fingerprint density at radius 3 is 1.95 bits per heavy atom. The minimum Gasteiger partial charge on any atom is -0.481 e. The van der Waals surface area contributed by atoms with Gasteiger partial charge >= 0.3 is 0 Å². The summed E-state index contributed by atoms with van der Waals surface area (Å²) in [6, 6.07) is 0.384. The Bertz CT molecular complexity index is 2890. The maximum Gasteiger partial charge on any atom is 0.300 e. The summed E-state index contributed by atoms with van der Waals surface area (Å²) >= 11 is 0. The predicted molar refractivity (Wildman–Crippen MR) is 325 cm³/mol. The number of rotatable bonds is 17. The Morgan fingerprint density at radius 2 is 1.41 bits per heavy atom. The summed E-state index contributed by atoms with van der Waals surface area (Å²) in [5.41, 5.74) is 15.7. The number of carboxylic acid groups (broad SMARTS) is 1. The van der Waals surface area contributed by atoms with E-state index >= 15 is 0 Å². The number of hydrazone groups is 1. The second kappa shape index (κ2) is 38.2. The summed E-state index contributed by atoms with van der Waals surface area (Å²) in [4.78, 5) is 47.0. The first-order valence-corrected chi connectivity index (χ1v) is 28.1. The molecule has 0 aromatic carbocycles. The van der Waals surface area contributed by atoms with E-state index in [1.807, 2.05) is 99.0 Å². The molecule has 3 aliphatic rings. The number of anilines is 3. The molecular weight excluding hydrogens is 1060 g/mol. The number of imidazole rings is 4. The molecule has 1 saturated carbocycles. The lowest BCUT2D eigenvalue weighted by Gasteiger charge is -2.29. The molecular formula is C55H97N23O5. The van der Waals surface area contributed by atoms with Crippen molar-refractivity contribution < 1.29 is 24.5 Å². The zero-order chi connectivity index (χ0) is 59.3. The zero-order valence-corrected chi connectivity index (χ0v) is 49.6. The number of fused-ring (bicyclic) bond motifs is 2. The zero-order valence-electron chi connectivity index (χ0n) is 49.6. The summed E-state index contributed by atoms with van der Waals surface area (Å²) in [6.45, 7) is 24.1. The van der Waals surface area contributed by atoms with Crippen molar-refractivity contribution in [1.29, 1.82) is 5.53 Å². The van der Waals surface area contributed by atoms with Gasteiger partial charge in [-0.15, -0.1) is 10.2 Å². The number of nitrogens with zero attached hydrogens (tertiary/aromatic N) is 18. The number of aliphatic carboxylic acids is 1. The quantitative estimate of drug-likeness (QED) is 0.0254. The third-order valence-corrected chi connectivity index (χ3v) is 12.7. The first-order chi connectivity index (χ1) is 39.2. The smallest absolute Gasteiger partial charge is 0.300 e. The van der Waals surface area contributed by atoms with Crippen LogP contribution in [0.4, 0.5) is 17.7 Å². The van der Waals surface area contributed by atoms with Crippen molar-refractivity contribution in [2.24, 2.45) is 30.2 Å². The standard InChI is InChI=1S/C25H36N12O.C15H23N7O.C5H8N2.C3H8N2.C2H4O2.C2H6.CH4O.2CH4/c1-4-37-33-22(32-34-37)19-9-10-20(38-19)36-15-28-21-23(29-17-7-5-16(2)6-8-17)30-25(31-24(21)36)26-12-11-18-13-35(3)14-27-18;1-3-7-17-15-20-10(2)13-14(21-15)22(9-18-13)12-6-4-5-11(23-12)8-19-16;1-5-3-7(2)4-6-5;1-3-5-4-2;1-2(3)4;2*1-2;;/h13-17,19-20H,4-12H2,1-3H3,(H2,26,29,30,31);9,11-12,16H,3-8H2,1-2H3,(H,17,20,21);3-4H,1-2H3;5H,2-3H2,1H3;1H3,(H,3,4);1-2H3;2H,1H3;2*1H4. The van der Waals surface area contributed by atoms with Crippen LogP contribution in [0.3, 0.4) is 0 Å². The van der Waals surface area contributed by atoms with Crippen LogP contribution in [-0.2, 0) is 41.3 Å². The molecule has 0 spiro atoms. The van der Waals surface area contributed by atoms with Crippen LogP contribution in [0.25, 0.3) is 22.3 Å². The van der Waals surface area contributed by atoms with Crippen LogP contribution in [0, 0.1) is 25.3 Å². The fourth-order valence-electron chi connectivity index (χ4n) is 8.89. The van der Waals surface area contributed by atoms with Gasteiger partial charge in [-0.2, -0.15) is 30.0 Å². The molecule has 7 aromatic rings. The molecule has 0 radical (unpaired) electrons. The first kappa shape index (κ1) is 71.5. The largest absolute Gasteiger partial charge is 0.481 e. The molecule has 1 aliphatic carbocycles. The fraction of sp³-hybridized carbons (Fsp3) is 0.655. The highest BCUT2D eigenvalue weighted by Gasteiger charge is 2.33. The molecule has 10 rings (SSSR count). The number of nitrogens with one attached hydrogen (secondary N) is 5. The van der Waals surface area contributed by atoms with Crippen LogP contribution in [0.1, 0.15) is 169 Å². The molecule has 0 amide bonds. The molecule has 0 bridgehead atoms. The van der Waals surface area contributed by atoms with Gasteiger partial charge in [-0.1, -0.05) is 42.5 Å². The van der Waals surface area contributed by atoms with Crippen molar-refractivity contribution in [3.8, 4) is 0 Å². The molecule has 28 nitrogen and oxygen atoms in total. The van der Waals surface area contributed by atoms with Gasteiger partial charge in [0.1, 0.15) is 24.1 Å². The van der Waals surface area contributed by atoms with Gasteiger partial charge in [-0.25, -0.2) is 30.5 Å². The van der Waals surface area contributed by atoms with E-state index in [1.165, 1.54) is 12.8 Å². The molecule has 28 heteroatoms. The number of ether oxygens (including phenoxy) is 2. The van der Waals surface area contributed by atoms with Crippen molar-refractivity contribution in [3.63, 3.8) is 0 Å². The average molecular weight is 1160 g/mol. The van der Waals surface area contributed by atoms with Gasteiger partial charge in [0, 0.05) is 79.3 Å². The molecule has 7 N–H and O–H groups in total. The minimum absolute atomic E-state index is 0. The topological polar surface area (TPSA) is 339 Å². The molecule has 3 fully saturated rings. The van der Waals surface area contributed by atoms with Crippen molar-refractivity contribution in [2.45, 2.75) is 185 Å². The third kappa shape index (κ3) is 22.6. The number of aromatic nitrogens is 16. The van der Waals surface area contributed by atoms with Crippen LogP contribution >= 0.6 is 0 Å². The second-order valence-electron chi connectivity index (χ2n) is 19.3. The van der Waals surface area contributed by atoms with Crippen LogP contribution in [0.5, 0.6) is 0 Å².